The van der Waals surface area contributed by atoms with Gasteiger partial charge in [0.05, 0.1) is 0 Å². The molecule has 0 aromatic carbocycles. The van der Waals surface area contributed by atoms with Gasteiger partial charge in [0.1, 0.15) is 6.61 Å². The first kappa shape index (κ1) is 11.7. The lowest BCUT2D eigenvalue weighted by molar-refractivity contribution is -0.0200. The van der Waals surface area contributed by atoms with Crippen molar-refractivity contribution in [1.82, 2.24) is 0 Å². The number of alkyl halides is 2. The van der Waals surface area contributed by atoms with Crippen molar-refractivity contribution in [2.24, 2.45) is 0 Å². The number of hydrogen-bond donors (Lipinski definition) is 1. The van der Waals surface area contributed by atoms with Crippen LogP contribution >= 0.6 is 0 Å². The molecule has 0 fully saturated rings. The lowest BCUT2D eigenvalue weighted by Crippen LogP contribution is -2.33. The van der Waals surface area contributed by atoms with Crippen LogP contribution in [0, 0.1) is 0 Å². The number of rotatable bonds is 5. The van der Waals surface area contributed by atoms with Crippen molar-refractivity contribution in [2.75, 3.05) is 13.2 Å². The molecule has 0 bridgehead atoms. The van der Waals surface area contributed by atoms with Gasteiger partial charge in [-0.05, 0) is 6.42 Å². The van der Waals surface area contributed by atoms with Gasteiger partial charge in [0.25, 0.3) is 0 Å². The molecule has 0 unspecified atom stereocenters. The Labute approximate surface area is 69.3 Å². The number of hydrogen-bond acceptors (Lipinski definition) is 3. The van der Waals surface area contributed by atoms with Gasteiger partial charge in [-0.3, -0.25) is 4.55 Å². The molecule has 0 atom stereocenters. The number of ether oxygens (including phenoxy) is 1. The van der Waals surface area contributed by atoms with Gasteiger partial charge in [-0.2, -0.15) is 17.2 Å². The fourth-order valence-electron chi connectivity index (χ4n) is 0.410. The van der Waals surface area contributed by atoms with Crippen molar-refractivity contribution in [2.45, 2.75) is 18.6 Å². The van der Waals surface area contributed by atoms with Crippen LogP contribution in [0.25, 0.3) is 0 Å². The zero-order valence-corrected chi connectivity index (χ0v) is 7.27. The highest BCUT2D eigenvalue weighted by atomic mass is 32.2. The summed E-state index contributed by atoms with van der Waals surface area (Å²) in [5, 5.41) is -4.21. The molecule has 4 nitrogen and oxygen atoms in total. The lowest BCUT2D eigenvalue weighted by atomic mass is 10.5. The minimum atomic E-state index is -5.34. The second-order valence-corrected chi connectivity index (χ2v) is 3.71. The fourth-order valence-corrected chi connectivity index (χ4v) is 0.642. The fraction of sp³-hybridized carbons (Fsp3) is 1.00. The zero-order chi connectivity index (χ0) is 9.83. The molecule has 0 aliphatic heterocycles. The van der Waals surface area contributed by atoms with Crippen LogP contribution < -0.4 is 0 Å². The summed E-state index contributed by atoms with van der Waals surface area (Å²) >= 11 is 0. The molecule has 0 rings (SSSR count). The molecular formula is C5H10F2O4S. The van der Waals surface area contributed by atoms with Gasteiger partial charge in [-0.25, -0.2) is 0 Å². The monoisotopic (exact) mass is 204 g/mol. The van der Waals surface area contributed by atoms with E-state index in [-0.39, 0.29) is 6.61 Å². The van der Waals surface area contributed by atoms with Gasteiger partial charge >= 0.3 is 15.4 Å². The molecule has 1 N–H and O–H groups in total. The largest absolute Gasteiger partial charge is 0.392 e. The summed E-state index contributed by atoms with van der Waals surface area (Å²) < 4.78 is 56.8. The Hall–Kier alpha value is -0.270. The highest BCUT2D eigenvalue weighted by molar-refractivity contribution is 7.86. The Kier molecular flexibility index (Phi) is 4.01. The van der Waals surface area contributed by atoms with E-state index >= 15 is 0 Å². The second kappa shape index (κ2) is 4.11. The summed E-state index contributed by atoms with van der Waals surface area (Å²) in [7, 11) is -5.34. The number of halogens is 2. The molecule has 0 radical (unpaired) electrons. The molecule has 0 heterocycles. The van der Waals surface area contributed by atoms with Crippen LogP contribution in [0.1, 0.15) is 13.3 Å². The Morgan fingerprint density at radius 3 is 2.33 bits per heavy atom. The molecule has 0 aromatic heterocycles. The van der Waals surface area contributed by atoms with Gasteiger partial charge in [0.15, 0.2) is 0 Å². The van der Waals surface area contributed by atoms with Crippen LogP contribution in [-0.2, 0) is 14.9 Å². The molecule has 0 aliphatic rings. The van der Waals surface area contributed by atoms with Gasteiger partial charge in [0, 0.05) is 6.61 Å². The summed E-state index contributed by atoms with van der Waals surface area (Å²) in [5.41, 5.74) is 0. The molecule has 0 saturated carbocycles. The average Bonchev–Trinajstić information content (AvgIpc) is 1.85. The smallest absolute Gasteiger partial charge is 0.374 e. The van der Waals surface area contributed by atoms with E-state index in [1.807, 2.05) is 0 Å². The Bertz CT molecular complexity index is 224. The van der Waals surface area contributed by atoms with Crippen LogP contribution in [-0.4, -0.2) is 31.4 Å². The first-order valence-corrected chi connectivity index (χ1v) is 4.68. The summed E-state index contributed by atoms with van der Waals surface area (Å²) in [4.78, 5) is 0. The summed E-state index contributed by atoms with van der Waals surface area (Å²) in [6.07, 6.45) is 0.502. The standard InChI is InChI=1S/C5H10F2O4S/c1-2-3-11-4-5(6,7)12(8,9)10/h2-4H2,1H3,(H,8,9,10). The van der Waals surface area contributed by atoms with Gasteiger partial charge in [0.2, 0.25) is 0 Å². The maximum atomic E-state index is 12.3. The van der Waals surface area contributed by atoms with Gasteiger partial charge in [-0.15, -0.1) is 0 Å². The maximum Gasteiger partial charge on any atom is 0.392 e. The predicted octanol–water partition coefficient (Wildman–Crippen LogP) is 0.894. The SMILES string of the molecule is CCCOCC(F)(F)S(=O)(=O)O. The topological polar surface area (TPSA) is 63.6 Å². The minimum absolute atomic E-state index is 0.0328. The first-order chi connectivity index (χ1) is 5.31. The molecule has 74 valence electrons. The highest BCUT2D eigenvalue weighted by Gasteiger charge is 2.44. The third kappa shape index (κ3) is 3.42. The van der Waals surface area contributed by atoms with Crippen molar-refractivity contribution < 1.29 is 26.5 Å². The molecule has 7 heteroatoms. The van der Waals surface area contributed by atoms with E-state index in [1.54, 1.807) is 6.92 Å². The van der Waals surface area contributed by atoms with Gasteiger partial charge < -0.3 is 4.74 Å². The van der Waals surface area contributed by atoms with E-state index in [2.05, 4.69) is 4.74 Å². The van der Waals surface area contributed by atoms with E-state index in [0.717, 1.165) is 0 Å². The van der Waals surface area contributed by atoms with E-state index in [1.165, 1.54) is 0 Å². The highest BCUT2D eigenvalue weighted by Crippen LogP contribution is 2.20. The van der Waals surface area contributed by atoms with E-state index < -0.39 is 22.0 Å². The van der Waals surface area contributed by atoms with Crippen LogP contribution in [0.4, 0.5) is 8.78 Å². The Morgan fingerprint density at radius 1 is 1.50 bits per heavy atom. The van der Waals surface area contributed by atoms with E-state index in [0.29, 0.717) is 6.42 Å². The quantitative estimate of drug-likeness (QED) is 0.533. The van der Waals surface area contributed by atoms with Crippen molar-refractivity contribution in [3.05, 3.63) is 0 Å². The third-order valence-electron chi connectivity index (χ3n) is 0.996. The third-order valence-corrected chi connectivity index (χ3v) is 1.87. The Morgan fingerprint density at radius 2 is 2.00 bits per heavy atom. The van der Waals surface area contributed by atoms with E-state index in [9.17, 15) is 17.2 Å². The minimum Gasteiger partial charge on any atom is -0.374 e. The van der Waals surface area contributed by atoms with Crippen LogP contribution in [0.2, 0.25) is 0 Å². The van der Waals surface area contributed by atoms with Crippen molar-refractivity contribution in [1.29, 1.82) is 0 Å². The normalized spacial score (nSPS) is 13.3. The molecule has 0 amide bonds. The van der Waals surface area contributed by atoms with Crippen LogP contribution in [0.15, 0.2) is 0 Å². The maximum absolute atomic E-state index is 12.3. The average molecular weight is 204 g/mol. The molecule has 0 aromatic rings. The molecule has 0 saturated heterocycles. The molecule has 0 aliphatic carbocycles. The molecular weight excluding hydrogens is 194 g/mol. The van der Waals surface area contributed by atoms with Crippen LogP contribution in [0.5, 0.6) is 0 Å². The first-order valence-electron chi connectivity index (χ1n) is 3.24. The molecule has 12 heavy (non-hydrogen) atoms. The Balaban J connectivity index is 4.06. The van der Waals surface area contributed by atoms with Crippen molar-refractivity contribution in [3.8, 4) is 0 Å². The summed E-state index contributed by atoms with van der Waals surface area (Å²) in [6, 6.07) is 0. The predicted molar refractivity (Wildman–Crippen MR) is 37.6 cm³/mol. The van der Waals surface area contributed by atoms with Crippen molar-refractivity contribution >= 4 is 10.1 Å². The summed E-state index contributed by atoms with van der Waals surface area (Å²) in [5.74, 6) is 0. The lowest BCUT2D eigenvalue weighted by Gasteiger charge is -2.12. The van der Waals surface area contributed by atoms with Gasteiger partial charge in [-0.1, -0.05) is 6.92 Å². The zero-order valence-electron chi connectivity index (χ0n) is 6.46. The molecule has 0 spiro atoms. The van der Waals surface area contributed by atoms with Crippen molar-refractivity contribution in [3.63, 3.8) is 0 Å². The van der Waals surface area contributed by atoms with Crippen LogP contribution in [0.3, 0.4) is 0 Å². The second-order valence-electron chi connectivity index (χ2n) is 2.16. The summed E-state index contributed by atoms with van der Waals surface area (Å²) in [6.45, 7) is 0.413. The van der Waals surface area contributed by atoms with E-state index in [4.69, 9.17) is 4.55 Å².